The summed E-state index contributed by atoms with van der Waals surface area (Å²) < 4.78 is 38.8. The van der Waals surface area contributed by atoms with Gasteiger partial charge in [-0.1, -0.05) is 60.7 Å². The van der Waals surface area contributed by atoms with Crippen LogP contribution in [0.25, 0.3) is 0 Å². The molecule has 5 atom stereocenters. The SMILES string of the molecule is CC(=O)O[C@H]1[C@H](OCc2ccccc2)[C@@H](N2C(=O)C(C)=C(C)C2=O)[C@H](F)O[C@@H]1COCc1ccccc1. The normalized spacial score (nSPS) is 26.1. The maximum Gasteiger partial charge on any atom is 0.303 e. The van der Waals surface area contributed by atoms with Gasteiger partial charge in [0.05, 0.1) is 19.8 Å². The van der Waals surface area contributed by atoms with Gasteiger partial charge < -0.3 is 18.9 Å². The molecule has 4 rings (SSSR count). The lowest BCUT2D eigenvalue weighted by Crippen LogP contribution is -2.66. The summed E-state index contributed by atoms with van der Waals surface area (Å²) in [6, 6.07) is 17.1. The van der Waals surface area contributed by atoms with Crippen molar-refractivity contribution < 1.29 is 37.7 Å². The Kier molecular flexibility index (Phi) is 8.48. The van der Waals surface area contributed by atoms with Crippen LogP contribution in [0.3, 0.4) is 0 Å². The van der Waals surface area contributed by atoms with Gasteiger partial charge in [-0.25, -0.2) is 4.39 Å². The van der Waals surface area contributed by atoms with Gasteiger partial charge in [-0.2, -0.15) is 0 Å². The second-order valence-electron chi connectivity index (χ2n) is 9.08. The van der Waals surface area contributed by atoms with Crippen LogP contribution >= 0.6 is 0 Å². The van der Waals surface area contributed by atoms with E-state index in [2.05, 4.69) is 0 Å². The minimum Gasteiger partial charge on any atom is -0.457 e. The van der Waals surface area contributed by atoms with Crippen LogP contribution in [0.5, 0.6) is 0 Å². The molecule has 2 aromatic rings. The van der Waals surface area contributed by atoms with Gasteiger partial charge in [-0.05, 0) is 25.0 Å². The molecule has 2 amide bonds. The first-order chi connectivity index (χ1) is 17.8. The lowest BCUT2D eigenvalue weighted by Gasteiger charge is -2.45. The summed E-state index contributed by atoms with van der Waals surface area (Å²) >= 11 is 0. The maximum absolute atomic E-state index is 15.7. The number of carbonyl (C=O) groups is 3. The molecule has 8 nitrogen and oxygen atoms in total. The first-order valence-corrected chi connectivity index (χ1v) is 12.1. The number of rotatable bonds is 9. The van der Waals surface area contributed by atoms with Crippen molar-refractivity contribution in [1.82, 2.24) is 4.90 Å². The van der Waals surface area contributed by atoms with Crippen LogP contribution in [0, 0.1) is 0 Å². The summed E-state index contributed by atoms with van der Waals surface area (Å²) in [5.74, 6) is -1.91. The smallest absolute Gasteiger partial charge is 0.303 e. The van der Waals surface area contributed by atoms with E-state index in [0.29, 0.717) is 0 Å². The third kappa shape index (κ3) is 5.95. The molecular formula is C28H30FNO7. The number of amides is 2. The number of esters is 1. The summed E-state index contributed by atoms with van der Waals surface area (Å²) in [6.45, 7) is 4.39. The number of carbonyl (C=O) groups excluding carboxylic acids is 3. The van der Waals surface area contributed by atoms with Gasteiger partial charge in [0.15, 0.2) is 6.10 Å². The summed E-state index contributed by atoms with van der Waals surface area (Å²) in [6.07, 6.45) is -5.48. The monoisotopic (exact) mass is 511 g/mol. The van der Waals surface area contributed by atoms with E-state index in [1.807, 2.05) is 60.7 Å². The molecule has 0 bridgehead atoms. The zero-order valence-electron chi connectivity index (χ0n) is 21.0. The summed E-state index contributed by atoms with van der Waals surface area (Å²) in [5.41, 5.74) is 2.12. The van der Waals surface area contributed by atoms with E-state index in [1.54, 1.807) is 0 Å². The topological polar surface area (TPSA) is 91.4 Å². The molecular weight excluding hydrogens is 481 g/mol. The molecule has 0 spiro atoms. The van der Waals surface area contributed by atoms with Crippen molar-refractivity contribution >= 4 is 17.8 Å². The number of alkyl halides is 1. The van der Waals surface area contributed by atoms with E-state index in [9.17, 15) is 14.4 Å². The fraction of sp³-hybridized carbons (Fsp3) is 0.393. The number of nitrogens with zero attached hydrogens (tertiary/aromatic N) is 1. The number of imide groups is 1. The van der Waals surface area contributed by atoms with Gasteiger partial charge >= 0.3 is 5.97 Å². The molecule has 37 heavy (non-hydrogen) atoms. The Labute approximate surface area is 214 Å². The lowest BCUT2D eigenvalue weighted by atomic mass is 9.95. The van der Waals surface area contributed by atoms with E-state index in [1.165, 1.54) is 20.8 Å². The zero-order valence-corrected chi connectivity index (χ0v) is 21.0. The Morgan fingerprint density at radius 3 is 1.97 bits per heavy atom. The second kappa shape index (κ2) is 11.8. The van der Waals surface area contributed by atoms with Crippen molar-refractivity contribution in [3.8, 4) is 0 Å². The molecule has 1 saturated heterocycles. The van der Waals surface area contributed by atoms with Gasteiger partial charge in [0, 0.05) is 18.1 Å². The van der Waals surface area contributed by atoms with E-state index in [-0.39, 0.29) is 31.0 Å². The lowest BCUT2D eigenvalue weighted by molar-refractivity contribution is -0.264. The first kappa shape index (κ1) is 26.7. The second-order valence-corrected chi connectivity index (χ2v) is 9.08. The first-order valence-electron chi connectivity index (χ1n) is 12.1. The number of benzene rings is 2. The van der Waals surface area contributed by atoms with Crippen LogP contribution in [0.1, 0.15) is 31.9 Å². The third-order valence-corrected chi connectivity index (χ3v) is 6.52. The predicted octanol–water partition coefficient (Wildman–Crippen LogP) is 3.49. The summed E-state index contributed by atoms with van der Waals surface area (Å²) in [5, 5.41) is 0. The Balaban J connectivity index is 1.61. The van der Waals surface area contributed by atoms with Crippen molar-refractivity contribution in [3.63, 3.8) is 0 Å². The number of hydrogen-bond acceptors (Lipinski definition) is 7. The molecule has 1 fully saturated rings. The molecule has 0 unspecified atom stereocenters. The Morgan fingerprint density at radius 1 is 0.892 bits per heavy atom. The van der Waals surface area contributed by atoms with Crippen LogP contribution in [0.4, 0.5) is 4.39 Å². The fourth-order valence-corrected chi connectivity index (χ4v) is 4.49. The molecule has 9 heteroatoms. The molecule has 2 aliphatic rings. The van der Waals surface area contributed by atoms with Crippen LogP contribution in [0.15, 0.2) is 71.8 Å². The molecule has 196 valence electrons. The van der Waals surface area contributed by atoms with Crippen LogP contribution in [-0.4, -0.2) is 60.0 Å². The van der Waals surface area contributed by atoms with Crippen molar-refractivity contribution in [2.45, 2.75) is 64.7 Å². The highest BCUT2D eigenvalue weighted by Crippen LogP contribution is 2.35. The molecule has 2 aliphatic heterocycles. The van der Waals surface area contributed by atoms with E-state index in [0.717, 1.165) is 16.0 Å². The highest BCUT2D eigenvalue weighted by molar-refractivity contribution is 6.19. The molecule has 0 aromatic heterocycles. The van der Waals surface area contributed by atoms with Gasteiger partial charge in [0.25, 0.3) is 11.8 Å². The highest BCUT2D eigenvalue weighted by Gasteiger charge is 2.55. The average Bonchev–Trinajstić information content (AvgIpc) is 3.07. The number of hydrogen-bond donors (Lipinski definition) is 0. The zero-order chi connectivity index (χ0) is 26.5. The summed E-state index contributed by atoms with van der Waals surface area (Å²) in [4.78, 5) is 38.8. The van der Waals surface area contributed by atoms with Crippen LogP contribution in [-0.2, 0) is 46.5 Å². The van der Waals surface area contributed by atoms with Crippen molar-refractivity contribution in [3.05, 3.63) is 82.9 Å². The van der Waals surface area contributed by atoms with Crippen LogP contribution < -0.4 is 0 Å². The Bertz CT molecular complexity index is 1130. The largest absolute Gasteiger partial charge is 0.457 e. The van der Waals surface area contributed by atoms with E-state index >= 15 is 4.39 Å². The predicted molar refractivity (Wildman–Crippen MR) is 130 cm³/mol. The number of ether oxygens (including phenoxy) is 4. The Morgan fingerprint density at radius 2 is 1.43 bits per heavy atom. The van der Waals surface area contributed by atoms with Gasteiger partial charge in [0.1, 0.15) is 18.2 Å². The van der Waals surface area contributed by atoms with E-state index in [4.69, 9.17) is 18.9 Å². The van der Waals surface area contributed by atoms with Gasteiger partial charge in [0.2, 0.25) is 6.36 Å². The molecule has 2 heterocycles. The molecule has 0 saturated carbocycles. The van der Waals surface area contributed by atoms with Crippen molar-refractivity contribution in [2.75, 3.05) is 6.61 Å². The van der Waals surface area contributed by atoms with Crippen molar-refractivity contribution in [1.29, 1.82) is 0 Å². The molecule has 2 aromatic carbocycles. The fourth-order valence-electron chi connectivity index (χ4n) is 4.49. The van der Waals surface area contributed by atoms with Crippen LogP contribution in [0.2, 0.25) is 0 Å². The molecule has 0 aliphatic carbocycles. The quantitative estimate of drug-likeness (QED) is 0.376. The summed E-state index contributed by atoms with van der Waals surface area (Å²) in [7, 11) is 0. The van der Waals surface area contributed by atoms with Gasteiger partial charge in [-0.3, -0.25) is 19.3 Å². The standard InChI is InChI=1S/C28H30FNO7/c1-17-18(2)28(33)30(27(17)32)23-25(35-15-21-12-8-5-9-13-21)24(36-19(3)31)22(37-26(23)29)16-34-14-20-10-6-4-7-11-20/h4-13,22-26H,14-16H2,1-3H3/t22-,23-,24-,25-,26-/m1/s1. The van der Waals surface area contributed by atoms with Crippen molar-refractivity contribution in [2.24, 2.45) is 0 Å². The van der Waals surface area contributed by atoms with E-state index < -0.39 is 48.5 Å². The minimum atomic E-state index is -2.09. The minimum absolute atomic E-state index is 0.0334. The molecule has 0 radical (unpaired) electrons. The maximum atomic E-state index is 15.7. The average molecular weight is 512 g/mol. The van der Waals surface area contributed by atoms with Gasteiger partial charge in [-0.15, -0.1) is 0 Å². The number of halogens is 1. The Hall–Kier alpha value is -3.40. The third-order valence-electron chi connectivity index (χ3n) is 6.52. The molecule has 0 N–H and O–H groups in total. The highest BCUT2D eigenvalue weighted by atomic mass is 19.1.